The van der Waals surface area contributed by atoms with Crippen molar-refractivity contribution >= 4 is 29.9 Å². The van der Waals surface area contributed by atoms with Gasteiger partial charge in [0.05, 0.1) is 6.04 Å². The van der Waals surface area contributed by atoms with Crippen LogP contribution < -0.4 is 16.0 Å². The molecule has 3 aliphatic rings. The number of hydrogen-bond acceptors (Lipinski definition) is 5. The highest BCUT2D eigenvalue weighted by Crippen LogP contribution is 2.65. The number of hydrogen-bond donors (Lipinski definition) is 3. The Kier molecular flexibility index (Phi) is 7.64. The highest BCUT2D eigenvalue weighted by atomic mass is 16.2. The van der Waals surface area contributed by atoms with Gasteiger partial charge in [-0.3, -0.25) is 19.2 Å². The fourth-order valence-corrected chi connectivity index (χ4v) is 5.91. The average Bonchev–Trinajstić information content (AvgIpc) is 3.08. The van der Waals surface area contributed by atoms with E-state index in [9.17, 15) is 24.0 Å². The number of nitrogens with zero attached hydrogens (tertiary/aromatic N) is 1. The number of carbonyl (C=O) groups is 5. The molecule has 3 N–H and O–H groups in total. The van der Waals surface area contributed by atoms with E-state index < -0.39 is 23.5 Å². The summed E-state index contributed by atoms with van der Waals surface area (Å²) < 4.78 is 0. The molecule has 2 heterocycles. The second-order valence-electron chi connectivity index (χ2n) is 13.8. The molecular weight excluding hydrogens is 460 g/mol. The average molecular weight is 505 g/mol. The number of fused-ring (bicyclic) bond motifs is 1. The van der Waals surface area contributed by atoms with Gasteiger partial charge in [0, 0.05) is 25.4 Å². The van der Waals surface area contributed by atoms with E-state index in [1.165, 1.54) is 0 Å². The summed E-state index contributed by atoms with van der Waals surface area (Å²) in [5.41, 5.74) is -0.875. The normalized spacial score (nSPS) is 28.6. The number of carbonyl (C=O) groups excluding carboxylic acids is 5. The van der Waals surface area contributed by atoms with Crippen molar-refractivity contribution in [3.63, 3.8) is 0 Å². The molecule has 9 heteroatoms. The lowest BCUT2D eigenvalue weighted by Crippen LogP contribution is -2.60. The second kappa shape index (κ2) is 9.78. The van der Waals surface area contributed by atoms with Crippen molar-refractivity contribution in [1.29, 1.82) is 0 Å². The first-order valence-electron chi connectivity index (χ1n) is 13.1. The minimum atomic E-state index is -0.797. The molecule has 2 saturated heterocycles. The Labute approximate surface area is 214 Å². The van der Waals surface area contributed by atoms with Crippen molar-refractivity contribution in [2.24, 2.45) is 34.0 Å². The first-order chi connectivity index (χ1) is 16.5. The van der Waals surface area contributed by atoms with Crippen LogP contribution in [0.15, 0.2) is 0 Å². The van der Waals surface area contributed by atoms with Gasteiger partial charge in [0.1, 0.15) is 18.4 Å². The highest BCUT2D eigenvalue weighted by molar-refractivity contribution is 5.94. The molecule has 0 spiro atoms. The smallest absolute Gasteiger partial charge is 0.246 e. The monoisotopic (exact) mass is 504 g/mol. The molecule has 0 aromatic heterocycles. The van der Waals surface area contributed by atoms with Gasteiger partial charge in [-0.1, -0.05) is 55.4 Å². The van der Waals surface area contributed by atoms with E-state index >= 15 is 0 Å². The standard InChI is InChI=1S/C27H44N4O5/c1-25(2,3)12-18(33)30-21(26(4,5)6)24(36)31-13-17-19(27(17,7)8)20(31)23(35)29-16(14-32)11-15-9-10-28-22(15)34/h14-17,19-21H,9-13H2,1-8H3,(H,28,34)(H,29,35)(H,30,33)/t15-,16?,17-,19-,20-,21?/m0/s1. The van der Waals surface area contributed by atoms with Crippen LogP contribution in [0.3, 0.4) is 0 Å². The van der Waals surface area contributed by atoms with Crippen molar-refractivity contribution < 1.29 is 24.0 Å². The molecule has 0 radical (unpaired) electrons. The summed E-state index contributed by atoms with van der Waals surface area (Å²) in [7, 11) is 0. The Bertz CT molecular complexity index is 916. The lowest BCUT2D eigenvalue weighted by atomic mass is 9.84. The highest BCUT2D eigenvalue weighted by Gasteiger charge is 2.69. The first kappa shape index (κ1) is 28.1. The van der Waals surface area contributed by atoms with E-state index in [4.69, 9.17) is 0 Å². The summed E-state index contributed by atoms with van der Waals surface area (Å²) in [6, 6.07) is -2.30. The molecule has 6 atom stereocenters. The summed E-state index contributed by atoms with van der Waals surface area (Å²) in [5.74, 6) is -1.09. The Morgan fingerprint density at radius 3 is 2.28 bits per heavy atom. The molecule has 2 unspecified atom stereocenters. The summed E-state index contributed by atoms with van der Waals surface area (Å²) >= 11 is 0. The van der Waals surface area contributed by atoms with E-state index in [0.717, 1.165) is 0 Å². The Balaban J connectivity index is 1.78. The minimum absolute atomic E-state index is 0.0190. The first-order valence-corrected chi connectivity index (χ1v) is 13.1. The molecular formula is C27H44N4O5. The zero-order valence-corrected chi connectivity index (χ0v) is 23.1. The van der Waals surface area contributed by atoms with Crippen LogP contribution in [0, 0.1) is 34.0 Å². The summed E-state index contributed by atoms with van der Waals surface area (Å²) in [6.07, 6.45) is 1.83. The quantitative estimate of drug-likeness (QED) is 0.434. The zero-order valence-electron chi connectivity index (χ0n) is 23.1. The van der Waals surface area contributed by atoms with Gasteiger partial charge in [-0.05, 0) is 40.9 Å². The van der Waals surface area contributed by atoms with Gasteiger partial charge < -0.3 is 25.6 Å². The number of amides is 4. The third-order valence-corrected chi connectivity index (χ3v) is 8.06. The van der Waals surface area contributed by atoms with Gasteiger partial charge in [0.25, 0.3) is 0 Å². The van der Waals surface area contributed by atoms with Crippen LogP contribution in [-0.2, 0) is 24.0 Å². The number of aldehydes is 1. The molecule has 1 aliphatic carbocycles. The van der Waals surface area contributed by atoms with Gasteiger partial charge in [-0.15, -0.1) is 0 Å². The maximum atomic E-state index is 13.9. The lowest BCUT2D eigenvalue weighted by molar-refractivity contribution is -0.146. The third-order valence-electron chi connectivity index (χ3n) is 8.06. The number of piperidine rings is 1. The minimum Gasteiger partial charge on any atom is -0.356 e. The number of likely N-dealkylation sites (tertiary alicyclic amines) is 1. The molecule has 1 saturated carbocycles. The molecule has 0 aromatic carbocycles. The Morgan fingerprint density at radius 2 is 1.78 bits per heavy atom. The number of nitrogens with one attached hydrogen (secondary N) is 3. The van der Waals surface area contributed by atoms with Crippen LogP contribution in [0.1, 0.15) is 74.7 Å². The van der Waals surface area contributed by atoms with Crippen LogP contribution in [0.25, 0.3) is 0 Å². The largest absolute Gasteiger partial charge is 0.356 e. The Hall–Kier alpha value is -2.45. The van der Waals surface area contributed by atoms with Crippen molar-refractivity contribution in [3.05, 3.63) is 0 Å². The predicted molar refractivity (Wildman–Crippen MR) is 135 cm³/mol. The van der Waals surface area contributed by atoms with Gasteiger partial charge in [0.2, 0.25) is 23.6 Å². The van der Waals surface area contributed by atoms with Gasteiger partial charge >= 0.3 is 0 Å². The van der Waals surface area contributed by atoms with Gasteiger partial charge in [-0.2, -0.15) is 0 Å². The summed E-state index contributed by atoms with van der Waals surface area (Å²) in [6.45, 7) is 16.8. The van der Waals surface area contributed by atoms with E-state index in [1.807, 2.05) is 41.5 Å². The van der Waals surface area contributed by atoms with Gasteiger partial charge in [-0.25, -0.2) is 0 Å². The SMILES string of the molecule is CC(C)(C)CC(=O)NC(C(=O)N1C[C@H]2[C@@H]([C@H]1C(=O)NC(C=O)C[C@@H]1CCNC1=O)C2(C)C)C(C)(C)C. The molecule has 0 bridgehead atoms. The fraction of sp³-hybridized carbons (Fsp3) is 0.815. The maximum Gasteiger partial charge on any atom is 0.246 e. The van der Waals surface area contributed by atoms with Gasteiger partial charge in [0.15, 0.2) is 0 Å². The van der Waals surface area contributed by atoms with Crippen molar-refractivity contribution in [1.82, 2.24) is 20.9 Å². The molecule has 2 aliphatic heterocycles. The van der Waals surface area contributed by atoms with Crippen LogP contribution in [-0.4, -0.2) is 66.0 Å². The Morgan fingerprint density at radius 1 is 1.14 bits per heavy atom. The van der Waals surface area contributed by atoms with E-state index in [2.05, 4.69) is 29.8 Å². The molecule has 202 valence electrons. The topological polar surface area (TPSA) is 125 Å². The molecule has 0 aromatic rings. The number of rotatable bonds is 8. The summed E-state index contributed by atoms with van der Waals surface area (Å²) in [5, 5.41) is 8.51. The van der Waals surface area contributed by atoms with Crippen molar-refractivity contribution in [2.75, 3.05) is 13.1 Å². The van der Waals surface area contributed by atoms with Crippen molar-refractivity contribution in [3.8, 4) is 0 Å². The lowest BCUT2D eigenvalue weighted by Gasteiger charge is -2.38. The van der Waals surface area contributed by atoms with E-state index in [0.29, 0.717) is 25.8 Å². The zero-order chi connectivity index (χ0) is 27.2. The summed E-state index contributed by atoms with van der Waals surface area (Å²) in [4.78, 5) is 65.5. The van der Waals surface area contributed by atoms with Crippen LogP contribution in [0.2, 0.25) is 0 Å². The molecule has 3 rings (SSSR count). The van der Waals surface area contributed by atoms with Crippen LogP contribution in [0.5, 0.6) is 0 Å². The van der Waals surface area contributed by atoms with E-state index in [1.54, 1.807) is 4.90 Å². The van der Waals surface area contributed by atoms with Crippen LogP contribution in [0.4, 0.5) is 0 Å². The second-order valence-corrected chi connectivity index (χ2v) is 13.8. The van der Waals surface area contributed by atoms with Crippen LogP contribution >= 0.6 is 0 Å². The molecule has 3 fully saturated rings. The van der Waals surface area contributed by atoms with E-state index in [-0.39, 0.29) is 65.1 Å². The van der Waals surface area contributed by atoms with Crippen molar-refractivity contribution in [2.45, 2.75) is 92.8 Å². The fourth-order valence-electron chi connectivity index (χ4n) is 5.91. The third kappa shape index (κ3) is 5.92. The molecule has 4 amide bonds. The molecule has 9 nitrogen and oxygen atoms in total. The maximum absolute atomic E-state index is 13.9. The molecule has 36 heavy (non-hydrogen) atoms. The predicted octanol–water partition coefficient (Wildman–Crippen LogP) is 1.65.